The standard InChI is InChI=1S/C10H20N4O/c1-8(12-13-10(11)15)7-9-5-3-4-6-14(9)2/h9H,3-7H2,1-2H3,(H3,11,13,15). The van der Waals surface area contributed by atoms with Crippen LogP contribution in [0.1, 0.15) is 32.6 Å². The van der Waals surface area contributed by atoms with Gasteiger partial charge >= 0.3 is 6.03 Å². The largest absolute Gasteiger partial charge is 0.350 e. The summed E-state index contributed by atoms with van der Waals surface area (Å²) in [6.07, 6.45) is 4.67. The molecule has 86 valence electrons. The molecule has 3 N–H and O–H groups in total. The minimum Gasteiger partial charge on any atom is -0.350 e. The molecule has 1 atom stereocenters. The summed E-state index contributed by atoms with van der Waals surface area (Å²) < 4.78 is 0. The highest BCUT2D eigenvalue weighted by atomic mass is 16.2. The molecule has 5 heteroatoms. The fraction of sp³-hybridized carbons (Fsp3) is 0.800. The zero-order valence-electron chi connectivity index (χ0n) is 9.49. The highest BCUT2D eigenvalue weighted by Gasteiger charge is 2.19. The van der Waals surface area contributed by atoms with Crippen molar-refractivity contribution < 1.29 is 4.79 Å². The molecule has 0 aliphatic carbocycles. The van der Waals surface area contributed by atoms with Crippen molar-refractivity contribution in [2.45, 2.75) is 38.6 Å². The van der Waals surface area contributed by atoms with Crippen LogP contribution in [0.2, 0.25) is 0 Å². The normalized spacial score (nSPS) is 23.9. The number of hydrazone groups is 1. The number of nitrogens with one attached hydrogen (secondary N) is 1. The molecule has 0 spiro atoms. The Morgan fingerprint density at radius 2 is 2.33 bits per heavy atom. The van der Waals surface area contributed by atoms with E-state index in [-0.39, 0.29) is 0 Å². The molecule has 1 unspecified atom stereocenters. The SMILES string of the molecule is CC(CC1CCCCN1C)=NNC(N)=O. The second-order valence-electron chi connectivity index (χ2n) is 4.16. The molecule has 1 aliphatic heterocycles. The minimum absolute atomic E-state index is 0.553. The molecule has 0 aromatic rings. The summed E-state index contributed by atoms with van der Waals surface area (Å²) >= 11 is 0. The van der Waals surface area contributed by atoms with Gasteiger partial charge in [0.1, 0.15) is 0 Å². The van der Waals surface area contributed by atoms with Gasteiger partial charge in [0.2, 0.25) is 0 Å². The molecule has 1 rings (SSSR count). The quantitative estimate of drug-likeness (QED) is 0.539. The van der Waals surface area contributed by atoms with Gasteiger partial charge in [-0.3, -0.25) is 0 Å². The number of amides is 2. The molecule has 0 aromatic heterocycles. The van der Waals surface area contributed by atoms with Crippen molar-refractivity contribution >= 4 is 11.7 Å². The molecule has 0 bridgehead atoms. The molecular formula is C10H20N4O. The topological polar surface area (TPSA) is 70.7 Å². The summed E-state index contributed by atoms with van der Waals surface area (Å²) in [5.41, 5.74) is 8.12. The first-order valence-corrected chi connectivity index (χ1v) is 5.38. The van der Waals surface area contributed by atoms with E-state index >= 15 is 0 Å². The summed E-state index contributed by atoms with van der Waals surface area (Å²) in [6.45, 7) is 3.07. The van der Waals surface area contributed by atoms with Gasteiger partial charge in [0.05, 0.1) is 0 Å². The van der Waals surface area contributed by atoms with E-state index in [0.29, 0.717) is 6.04 Å². The first-order valence-electron chi connectivity index (χ1n) is 5.38. The lowest BCUT2D eigenvalue weighted by Gasteiger charge is -2.32. The number of hydrogen-bond donors (Lipinski definition) is 2. The van der Waals surface area contributed by atoms with Crippen molar-refractivity contribution in [3.8, 4) is 0 Å². The van der Waals surface area contributed by atoms with Gasteiger partial charge in [0.25, 0.3) is 0 Å². The van der Waals surface area contributed by atoms with Crippen molar-refractivity contribution in [1.29, 1.82) is 0 Å². The predicted octanol–water partition coefficient (Wildman–Crippen LogP) is 0.905. The zero-order valence-corrected chi connectivity index (χ0v) is 9.49. The summed E-state index contributed by atoms with van der Waals surface area (Å²) in [4.78, 5) is 12.8. The van der Waals surface area contributed by atoms with Gasteiger partial charge in [0, 0.05) is 18.2 Å². The molecule has 15 heavy (non-hydrogen) atoms. The molecule has 5 nitrogen and oxygen atoms in total. The van der Waals surface area contributed by atoms with E-state index in [1.165, 1.54) is 19.3 Å². The van der Waals surface area contributed by atoms with Crippen LogP contribution in [0.5, 0.6) is 0 Å². The lowest BCUT2D eigenvalue weighted by molar-refractivity contribution is 0.190. The van der Waals surface area contributed by atoms with Gasteiger partial charge in [-0.15, -0.1) is 0 Å². The number of hydrogen-bond acceptors (Lipinski definition) is 3. The number of nitrogens with two attached hydrogens (primary N) is 1. The fourth-order valence-electron chi connectivity index (χ4n) is 1.94. The molecule has 1 fully saturated rings. The van der Waals surface area contributed by atoms with Gasteiger partial charge in [-0.2, -0.15) is 5.10 Å². The number of piperidine rings is 1. The van der Waals surface area contributed by atoms with Crippen LogP contribution in [0, 0.1) is 0 Å². The van der Waals surface area contributed by atoms with Crippen LogP contribution in [0.4, 0.5) is 4.79 Å². The zero-order chi connectivity index (χ0) is 11.3. The number of carbonyl (C=O) groups excluding carboxylic acids is 1. The smallest absolute Gasteiger partial charge is 0.332 e. The van der Waals surface area contributed by atoms with Gasteiger partial charge in [-0.1, -0.05) is 6.42 Å². The second-order valence-corrected chi connectivity index (χ2v) is 4.16. The van der Waals surface area contributed by atoms with Crippen molar-refractivity contribution in [2.75, 3.05) is 13.6 Å². The number of likely N-dealkylation sites (tertiary alicyclic amines) is 1. The van der Waals surface area contributed by atoms with E-state index in [4.69, 9.17) is 5.73 Å². The maximum atomic E-state index is 10.5. The molecule has 1 aliphatic rings. The Bertz CT molecular complexity index is 252. The van der Waals surface area contributed by atoms with E-state index in [1.807, 2.05) is 6.92 Å². The van der Waals surface area contributed by atoms with Crippen molar-refractivity contribution in [1.82, 2.24) is 10.3 Å². The third kappa shape index (κ3) is 4.29. The van der Waals surface area contributed by atoms with Gasteiger partial charge < -0.3 is 10.6 Å². The minimum atomic E-state index is -0.605. The molecule has 0 radical (unpaired) electrons. The van der Waals surface area contributed by atoms with Crippen LogP contribution in [-0.4, -0.2) is 36.3 Å². The number of urea groups is 1. The first kappa shape index (κ1) is 12.0. The number of nitrogens with zero attached hydrogens (tertiary/aromatic N) is 2. The molecule has 1 heterocycles. The summed E-state index contributed by atoms with van der Waals surface area (Å²) in [5, 5.41) is 3.92. The molecule has 2 amide bonds. The molecule has 1 saturated heterocycles. The third-order valence-electron chi connectivity index (χ3n) is 2.81. The summed E-state index contributed by atoms with van der Waals surface area (Å²) in [6, 6.07) is -0.0523. The van der Waals surface area contributed by atoms with Crippen LogP contribution in [0.15, 0.2) is 5.10 Å². The number of primary amides is 1. The van der Waals surface area contributed by atoms with E-state index in [9.17, 15) is 4.79 Å². The number of rotatable bonds is 3. The monoisotopic (exact) mass is 212 g/mol. The van der Waals surface area contributed by atoms with Gasteiger partial charge in [-0.25, -0.2) is 10.2 Å². The molecule has 0 aromatic carbocycles. The van der Waals surface area contributed by atoms with Crippen LogP contribution >= 0.6 is 0 Å². The van der Waals surface area contributed by atoms with E-state index in [2.05, 4.69) is 22.5 Å². The van der Waals surface area contributed by atoms with Crippen LogP contribution < -0.4 is 11.2 Å². The van der Waals surface area contributed by atoms with E-state index in [1.54, 1.807) is 0 Å². The van der Waals surface area contributed by atoms with Crippen LogP contribution in [-0.2, 0) is 0 Å². The Hall–Kier alpha value is -1.10. The maximum Gasteiger partial charge on any atom is 0.332 e. The summed E-state index contributed by atoms with van der Waals surface area (Å²) in [5.74, 6) is 0. The van der Waals surface area contributed by atoms with E-state index in [0.717, 1.165) is 18.7 Å². The lowest BCUT2D eigenvalue weighted by Crippen LogP contribution is -2.37. The van der Waals surface area contributed by atoms with E-state index < -0.39 is 6.03 Å². The Balaban J connectivity index is 2.38. The Labute approximate surface area is 90.7 Å². The summed E-state index contributed by atoms with van der Waals surface area (Å²) in [7, 11) is 2.14. The fourth-order valence-corrected chi connectivity index (χ4v) is 1.94. The van der Waals surface area contributed by atoms with Crippen molar-refractivity contribution in [3.05, 3.63) is 0 Å². The molecular weight excluding hydrogens is 192 g/mol. The van der Waals surface area contributed by atoms with Crippen molar-refractivity contribution in [2.24, 2.45) is 10.8 Å². The average Bonchev–Trinajstić information content (AvgIpc) is 2.18. The van der Waals surface area contributed by atoms with Crippen molar-refractivity contribution in [3.63, 3.8) is 0 Å². The Kier molecular flexibility index (Phi) is 4.55. The van der Waals surface area contributed by atoms with Crippen LogP contribution in [0.25, 0.3) is 0 Å². The third-order valence-corrected chi connectivity index (χ3v) is 2.81. The van der Waals surface area contributed by atoms with Crippen LogP contribution in [0.3, 0.4) is 0 Å². The lowest BCUT2D eigenvalue weighted by atomic mass is 9.98. The average molecular weight is 212 g/mol. The highest BCUT2D eigenvalue weighted by Crippen LogP contribution is 2.17. The first-order chi connectivity index (χ1) is 7.09. The molecule has 0 saturated carbocycles. The Morgan fingerprint density at radius 1 is 1.60 bits per heavy atom. The predicted molar refractivity (Wildman–Crippen MR) is 60.7 cm³/mol. The maximum absolute atomic E-state index is 10.5. The highest BCUT2D eigenvalue weighted by molar-refractivity contribution is 5.84. The van der Waals surface area contributed by atoms with Gasteiger partial charge in [-0.05, 0) is 33.4 Å². The second kappa shape index (κ2) is 5.70. The Morgan fingerprint density at radius 3 is 2.93 bits per heavy atom. The number of carbonyl (C=O) groups is 1. The van der Waals surface area contributed by atoms with Gasteiger partial charge in [0.15, 0.2) is 0 Å².